The number of aromatic nitrogens is 2. The van der Waals surface area contributed by atoms with Crippen molar-refractivity contribution in [3.05, 3.63) is 53.9 Å². The molecule has 0 saturated carbocycles. The topological polar surface area (TPSA) is 38.1 Å². The molecule has 0 aliphatic carbocycles. The van der Waals surface area contributed by atoms with Gasteiger partial charge < -0.3 is 0 Å². The maximum absolute atomic E-state index is 12.6. The zero-order valence-electron chi connectivity index (χ0n) is 14.5. The molecule has 1 aromatic heterocycles. The number of piperidine rings is 1. The highest BCUT2D eigenvalue weighted by Crippen LogP contribution is 2.21. The van der Waals surface area contributed by atoms with Crippen LogP contribution < -0.4 is 0 Å². The van der Waals surface area contributed by atoms with E-state index in [4.69, 9.17) is 0 Å². The lowest BCUT2D eigenvalue weighted by molar-refractivity contribution is -0.124. The number of hydrogen-bond donors (Lipinski definition) is 0. The van der Waals surface area contributed by atoms with Gasteiger partial charge in [-0.05, 0) is 38.3 Å². The molecule has 4 heteroatoms. The summed E-state index contributed by atoms with van der Waals surface area (Å²) >= 11 is 0. The van der Waals surface area contributed by atoms with Crippen LogP contribution in [0.2, 0.25) is 0 Å². The molecule has 0 N–H and O–H groups in total. The standard InChI is InChI=1S/C20H27N3O/c1-2-23-15-18(13-21-23)14-22-12-6-9-19(16-22)20(24)11-10-17-7-4-3-5-8-17/h3-5,7-8,13,15,19H,2,6,9-12,14,16H2,1H3/t19-/m1/s1. The minimum absolute atomic E-state index is 0.198. The van der Waals surface area contributed by atoms with Gasteiger partial charge in [-0.3, -0.25) is 14.4 Å². The molecule has 3 rings (SSSR count). The molecule has 0 bridgehead atoms. The molecule has 4 nitrogen and oxygen atoms in total. The number of ketones is 1. The average molecular weight is 325 g/mol. The first kappa shape index (κ1) is 16.9. The molecule has 128 valence electrons. The Hall–Kier alpha value is -1.94. The van der Waals surface area contributed by atoms with Gasteiger partial charge in [0.25, 0.3) is 0 Å². The summed E-state index contributed by atoms with van der Waals surface area (Å²) in [5.74, 6) is 0.622. The molecule has 0 radical (unpaired) electrons. The van der Waals surface area contributed by atoms with Gasteiger partial charge in [0, 0.05) is 43.7 Å². The lowest BCUT2D eigenvalue weighted by atomic mass is 9.90. The number of Topliss-reactive ketones (excluding diaryl/α,β-unsaturated/α-hetero) is 1. The average Bonchev–Trinajstić information content (AvgIpc) is 3.08. The zero-order valence-corrected chi connectivity index (χ0v) is 14.5. The lowest BCUT2D eigenvalue weighted by Gasteiger charge is -2.31. The van der Waals surface area contributed by atoms with Crippen LogP contribution in [0.4, 0.5) is 0 Å². The van der Waals surface area contributed by atoms with Crippen molar-refractivity contribution in [3.8, 4) is 0 Å². The summed E-state index contributed by atoms with van der Waals surface area (Å²) < 4.78 is 1.96. The van der Waals surface area contributed by atoms with Gasteiger partial charge in [0.15, 0.2) is 0 Å². The molecule has 0 unspecified atom stereocenters. The van der Waals surface area contributed by atoms with Gasteiger partial charge in [-0.1, -0.05) is 30.3 Å². The smallest absolute Gasteiger partial charge is 0.137 e. The first-order chi connectivity index (χ1) is 11.7. The Bertz CT molecular complexity index is 650. The van der Waals surface area contributed by atoms with Crippen LogP contribution in [0, 0.1) is 5.92 Å². The van der Waals surface area contributed by atoms with Crippen LogP contribution in [0.3, 0.4) is 0 Å². The molecule has 1 aromatic carbocycles. The molecule has 1 aliphatic rings. The predicted octanol–water partition coefficient (Wildman–Crippen LogP) is 3.32. The van der Waals surface area contributed by atoms with Crippen molar-refractivity contribution in [1.29, 1.82) is 0 Å². The van der Waals surface area contributed by atoms with Crippen LogP contribution in [-0.4, -0.2) is 33.6 Å². The maximum Gasteiger partial charge on any atom is 0.137 e. The highest BCUT2D eigenvalue weighted by atomic mass is 16.1. The fourth-order valence-corrected chi connectivity index (χ4v) is 3.50. The van der Waals surface area contributed by atoms with E-state index in [0.717, 1.165) is 45.4 Å². The second-order valence-corrected chi connectivity index (χ2v) is 6.73. The largest absolute Gasteiger partial charge is 0.299 e. The lowest BCUT2D eigenvalue weighted by Crippen LogP contribution is -2.38. The summed E-state index contributed by atoms with van der Waals surface area (Å²) in [5.41, 5.74) is 2.50. The summed E-state index contributed by atoms with van der Waals surface area (Å²) in [6.45, 7) is 5.88. The van der Waals surface area contributed by atoms with Crippen molar-refractivity contribution in [3.63, 3.8) is 0 Å². The third kappa shape index (κ3) is 4.54. The van der Waals surface area contributed by atoms with Crippen molar-refractivity contribution in [2.45, 2.75) is 45.7 Å². The van der Waals surface area contributed by atoms with E-state index in [1.807, 2.05) is 29.1 Å². The molecule has 0 amide bonds. The normalized spacial score (nSPS) is 18.6. The summed E-state index contributed by atoms with van der Waals surface area (Å²) in [7, 11) is 0. The maximum atomic E-state index is 12.6. The van der Waals surface area contributed by atoms with Gasteiger partial charge in [0.1, 0.15) is 5.78 Å². The van der Waals surface area contributed by atoms with E-state index in [1.165, 1.54) is 11.1 Å². The molecule has 1 aliphatic heterocycles. The van der Waals surface area contributed by atoms with Crippen LogP contribution >= 0.6 is 0 Å². The quantitative estimate of drug-likeness (QED) is 0.784. The molecule has 0 spiro atoms. The molecule has 2 heterocycles. The van der Waals surface area contributed by atoms with Gasteiger partial charge in [-0.25, -0.2) is 0 Å². The van der Waals surface area contributed by atoms with Crippen molar-refractivity contribution >= 4 is 5.78 Å². The Morgan fingerprint density at radius 1 is 1.25 bits per heavy atom. The summed E-state index contributed by atoms with van der Waals surface area (Å²) in [6.07, 6.45) is 7.74. The molecule has 24 heavy (non-hydrogen) atoms. The van der Waals surface area contributed by atoms with Crippen LogP contribution in [0.15, 0.2) is 42.7 Å². The summed E-state index contributed by atoms with van der Waals surface area (Å²) in [6, 6.07) is 10.3. The van der Waals surface area contributed by atoms with E-state index in [-0.39, 0.29) is 5.92 Å². The van der Waals surface area contributed by atoms with Crippen molar-refractivity contribution in [1.82, 2.24) is 14.7 Å². The van der Waals surface area contributed by atoms with Gasteiger partial charge in [0.2, 0.25) is 0 Å². The Balaban J connectivity index is 1.50. The minimum Gasteiger partial charge on any atom is -0.299 e. The number of hydrogen-bond acceptors (Lipinski definition) is 3. The van der Waals surface area contributed by atoms with Crippen LogP contribution in [0.25, 0.3) is 0 Å². The zero-order chi connectivity index (χ0) is 16.8. The van der Waals surface area contributed by atoms with E-state index in [2.05, 4.69) is 35.3 Å². The monoisotopic (exact) mass is 325 g/mol. The highest BCUT2D eigenvalue weighted by Gasteiger charge is 2.25. The first-order valence-corrected chi connectivity index (χ1v) is 9.05. The van der Waals surface area contributed by atoms with Gasteiger partial charge in [-0.15, -0.1) is 0 Å². The van der Waals surface area contributed by atoms with E-state index in [9.17, 15) is 4.79 Å². The van der Waals surface area contributed by atoms with Gasteiger partial charge in [0.05, 0.1) is 6.20 Å². The number of aryl methyl sites for hydroxylation is 2. The second-order valence-electron chi connectivity index (χ2n) is 6.73. The Kier molecular flexibility index (Phi) is 5.81. The number of rotatable bonds is 7. The number of benzene rings is 1. The van der Waals surface area contributed by atoms with E-state index < -0.39 is 0 Å². The Morgan fingerprint density at radius 3 is 2.83 bits per heavy atom. The third-order valence-corrected chi connectivity index (χ3v) is 4.88. The number of carbonyl (C=O) groups excluding carboxylic acids is 1. The Labute approximate surface area is 144 Å². The molecule has 2 aromatic rings. The van der Waals surface area contributed by atoms with Crippen molar-refractivity contribution in [2.75, 3.05) is 13.1 Å². The van der Waals surface area contributed by atoms with Gasteiger partial charge >= 0.3 is 0 Å². The number of likely N-dealkylation sites (tertiary alicyclic amines) is 1. The van der Waals surface area contributed by atoms with Crippen molar-refractivity contribution < 1.29 is 4.79 Å². The predicted molar refractivity (Wildman–Crippen MR) is 95.7 cm³/mol. The molecule has 1 atom stereocenters. The van der Waals surface area contributed by atoms with Gasteiger partial charge in [-0.2, -0.15) is 5.10 Å². The minimum atomic E-state index is 0.198. The van der Waals surface area contributed by atoms with E-state index in [0.29, 0.717) is 12.2 Å². The number of carbonyl (C=O) groups is 1. The van der Waals surface area contributed by atoms with Crippen molar-refractivity contribution in [2.24, 2.45) is 5.92 Å². The van der Waals surface area contributed by atoms with Crippen LogP contribution in [0.5, 0.6) is 0 Å². The van der Waals surface area contributed by atoms with E-state index in [1.54, 1.807) is 0 Å². The summed E-state index contributed by atoms with van der Waals surface area (Å²) in [5, 5.41) is 4.34. The Morgan fingerprint density at radius 2 is 2.08 bits per heavy atom. The fraction of sp³-hybridized carbons (Fsp3) is 0.500. The fourth-order valence-electron chi connectivity index (χ4n) is 3.50. The molecular formula is C20H27N3O. The molecule has 1 fully saturated rings. The SMILES string of the molecule is CCn1cc(CN2CCC[C@@H](C(=O)CCc3ccccc3)C2)cn1. The molecule has 1 saturated heterocycles. The van der Waals surface area contributed by atoms with E-state index >= 15 is 0 Å². The second kappa shape index (κ2) is 8.25. The first-order valence-electron chi connectivity index (χ1n) is 9.05. The van der Waals surface area contributed by atoms with Crippen LogP contribution in [-0.2, 0) is 24.3 Å². The highest BCUT2D eigenvalue weighted by molar-refractivity contribution is 5.81. The number of nitrogens with zero attached hydrogens (tertiary/aromatic N) is 3. The third-order valence-electron chi connectivity index (χ3n) is 4.88. The molecular weight excluding hydrogens is 298 g/mol. The summed E-state index contributed by atoms with van der Waals surface area (Å²) in [4.78, 5) is 15.0. The van der Waals surface area contributed by atoms with Crippen LogP contribution in [0.1, 0.15) is 37.3 Å².